The molecule has 0 spiro atoms. The van der Waals surface area contributed by atoms with E-state index in [0.717, 1.165) is 14.1 Å². The fraction of sp³-hybridized carbons (Fsp3) is 0.250. The first kappa shape index (κ1) is 8.17. The van der Waals surface area contributed by atoms with Gasteiger partial charge in [-0.2, -0.15) is 0 Å². The summed E-state index contributed by atoms with van der Waals surface area (Å²) in [6, 6.07) is 8.19. The molecule has 1 heterocycles. The van der Waals surface area contributed by atoms with E-state index in [1.807, 2.05) is 12.1 Å². The summed E-state index contributed by atoms with van der Waals surface area (Å²) in [5.74, 6) is 0. The third-order valence-corrected chi connectivity index (χ3v) is 3.02. The van der Waals surface area contributed by atoms with Crippen LogP contribution < -0.4 is 0 Å². The van der Waals surface area contributed by atoms with E-state index in [9.17, 15) is 0 Å². The average Bonchev–Trinajstić information content (AvgIpc) is 2.47. The van der Waals surface area contributed by atoms with Gasteiger partial charge in [-0.25, -0.2) is 0 Å². The van der Waals surface area contributed by atoms with E-state index in [4.69, 9.17) is 9.68 Å². The molecule has 0 saturated heterocycles. The summed E-state index contributed by atoms with van der Waals surface area (Å²) in [5.41, 5.74) is 1.35. The SMILES string of the molecule is O[B]OC1Cc2ccccc2S1. The molecule has 1 radical (unpaired) electrons. The molecule has 12 heavy (non-hydrogen) atoms. The van der Waals surface area contributed by atoms with Crippen LogP contribution in [0.25, 0.3) is 0 Å². The summed E-state index contributed by atoms with van der Waals surface area (Å²) in [7, 11) is 0.767. The van der Waals surface area contributed by atoms with Crippen molar-refractivity contribution >= 4 is 19.4 Å². The van der Waals surface area contributed by atoms with Crippen LogP contribution in [0.3, 0.4) is 0 Å². The third-order valence-electron chi connectivity index (χ3n) is 1.83. The molecule has 1 N–H and O–H groups in total. The van der Waals surface area contributed by atoms with Gasteiger partial charge >= 0.3 is 7.69 Å². The van der Waals surface area contributed by atoms with E-state index < -0.39 is 0 Å². The molecule has 0 amide bonds. The monoisotopic (exact) mass is 179 g/mol. The lowest BCUT2D eigenvalue weighted by Gasteiger charge is -2.05. The van der Waals surface area contributed by atoms with Gasteiger partial charge in [0.15, 0.2) is 0 Å². The van der Waals surface area contributed by atoms with Crippen molar-refractivity contribution in [3.05, 3.63) is 29.8 Å². The van der Waals surface area contributed by atoms with Crippen molar-refractivity contribution in [1.29, 1.82) is 0 Å². The van der Waals surface area contributed by atoms with Crippen molar-refractivity contribution < 1.29 is 9.68 Å². The Hall–Kier alpha value is -0.445. The van der Waals surface area contributed by atoms with E-state index >= 15 is 0 Å². The summed E-state index contributed by atoms with van der Waals surface area (Å²) < 4.78 is 4.98. The molecule has 1 aromatic carbocycles. The molecule has 1 aromatic rings. The van der Waals surface area contributed by atoms with Gasteiger partial charge in [-0.1, -0.05) is 30.0 Å². The molecule has 0 aromatic heterocycles. The molecule has 1 aliphatic rings. The lowest BCUT2D eigenvalue weighted by Crippen LogP contribution is -2.09. The van der Waals surface area contributed by atoms with Crippen LogP contribution in [0, 0.1) is 0 Å². The molecular formula is C8H8BO2S. The van der Waals surface area contributed by atoms with Crippen molar-refractivity contribution in [3.8, 4) is 0 Å². The highest BCUT2D eigenvalue weighted by molar-refractivity contribution is 8.00. The first-order valence-corrected chi connectivity index (χ1v) is 4.64. The topological polar surface area (TPSA) is 29.5 Å². The lowest BCUT2D eigenvalue weighted by atomic mass is 10.2. The van der Waals surface area contributed by atoms with E-state index in [2.05, 4.69) is 12.1 Å². The zero-order valence-corrected chi connectivity index (χ0v) is 7.25. The van der Waals surface area contributed by atoms with Crippen LogP contribution in [0.15, 0.2) is 29.2 Å². The van der Waals surface area contributed by atoms with Crippen LogP contribution in [-0.4, -0.2) is 18.1 Å². The van der Waals surface area contributed by atoms with E-state index in [1.54, 1.807) is 11.8 Å². The molecular weight excluding hydrogens is 171 g/mol. The maximum atomic E-state index is 8.45. The highest BCUT2D eigenvalue weighted by Crippen LogP contribution is 2.36. The maximum absolute atomic E-state index is 8.45. The summed E-state index contributed by atoms with van der Waals surface area (Å²) in [4.78, 5) is 1.25. The largest absolute Gasteiger partial charge is 0.485 e. The Balaban J connectivity index is 2.11. The molecule has 0 fully saturated rings. The van der Waals surface area contributed by atoms with Gasteiger partial charge < -0.3 is 9.68 Å². The smallest absolute Gasteiger partial charge is 0.429 e. The first-order chi connectivity index (χ1) is 5.90. The summed E-state index contributed by atoms with van der Waals surface area (Å²) in [5, 5.41) is 8.45. The summed E-state index contributed by atoms with van der Waals surface area (Å²) in [6.45, 7) is 0. The predicted octanol–water partition coefficient (Wildman–Crippen LogP) is 1.20. The van der Waals surface area contributed by atoms with Crippen molar-refractivity contribution in [2.75, 3.05) is 0 Å². The molecule has 1 atom stereocenters. The number of benzene rings is 1. The Kier molecular flexibility index (Phi) is 2.39. The van der Waals surface area contributed by atoms with Gasteiger partial charge in [0.25, 0.3) is 0 Å². The molecule has 2 nitrogen and oxygen atoms in total. The van der Waals surface area contributed by atoms with E-state index in [1.165, 1.54) is 10.5 Å². The van der Waals surface area contributed by atoms with E-state index in [-0.39, 0.29) is 5.44 Å². The minimum atomic E-state index is 0.0485. The Bertz CT molecular complexity index is 255. The quantitative estimate of drug-likeness (QED) is 0.691. The van der Waals surface area contributed by atoms with Gasteiger partial charge in [-0.3, -0.25) is 0 Å². The zero-order chi connectivity index (χ0) is 8.39. The van der Waals surface area contributed by atoms with Crippen molar-refractivity contribution in [3.63, 3.8) is 0 Å². The molecule has 4 heteroatoms. The number of rotatable bonds is 2. The fourth-order valence-electron chi connectivity index (χ4n) is 1.29. The van der Waals surface area contributed by atoms with Crippen LogP contribution >= 0.6 is 11.8 Å². The van der Waals surface area contributed by atoms with Crippen LogP contribution in [0.2, 0.25) is 0 Å². The second kappa shape index (κ2) is 3.52. The van der Waals surface area contributed by atoms with E-state index in [0.29, 0.717) is 0 Å². The second-order valence-corrected chi connectivity index (χ2v) is 3.80. The van der Waals surface area contributed by atoms with Gasteiger partial charge in [0, 0.05) is 11.3 Å². The second-order valence-electron chi connectivity index (χ2n) is 2.60. The highest BCUT2D eigenvalue weighted by Gasteiger charge is 2.21. The lowest BCUT2D eigenvalue weighted by molar-refractivity contribution is 0.263. The molecule has 2 rings (SSSR count). The number of fused-ring (bicyclic) bond motifs is 1. The Morgan fingerprint density at radius 2 is 2.33 bits per heavy atom. The Morgan fingerprint density at radius 3 is 3.08 bits per heavy atom. The number of thioether (sulfide) groups is 1. The third kappa shape index (κ3) is 1.51. The minimum Gasteiger partial charge on any atom is -0.429 e. The van der Waals surface area contributed by atoms with Crippen LogP contribution in [0.5, 0.6) is 0 Å². The maximum Gasteiger partial charge on any atom is 0.485 e. The summed E-state index contributed by atoms with van der Waals surface area (Å²) in [6.07, 6.45) is 0.873. The molecule has 1 aliphatic heterocycles. The first-order valence-electron chi connectivity index (χ1n) is 3.76. The number of hydrogen-bond donors (Lipinski definition) is 1. The van der Waals surface area contributed by atoms with Gasteiger partial charge in [0.2, 0.25) is 0 Å². The highest BCUT2D eigenvalue weighted by atomic mass is 32.2. The van der Waals surface area contributed by atoms with Crippen molar-refractivity contribution in [2.45, 2.75) is 16.8 Å². The van der Waals surface area contributed by atoms with Gasteiger partial charge in [-0.15, -0.1) is 0 Å². The van der Waals surface area contributed by atoms with Crippen molar-refractivity contribution in [2.24, 2.45) is 0 Å². The van der Waals surface area contributed by atoms with Crippen LogP contribution in [0.1, 0.15) is 5.56 Å². The predicted molar refractivity (Wildman–Crippen MR) is 48.8 cm³/mol. The molecule has 0 aliphatic carbocycles. The van der Waals surface area contributed by atoms with Gasteiger partial charge in [0.1, 0.15) is 0 Å². The van der Waals surface area contributed by atoms with Crippen molar-refractivity contribution in [1.82, 2.24) is 0 Å². The number of hydrogen-bond acceptors (Lipinski definition) is 3. The van der Waals surface area contributed by atoms with Crippen LogP contribution in [0.4, 0.5) is 0 Å². The molecule has 0 saturated carbocycles. The van der Waals surface area contributed by atoms with Gasteiger partial charge in [-0.05, 0) is 11.6 Å². The van der Waals surface area contributed by atoms with Gasteiger partial charge in [0.05, 0.1) is 5.44 Å². The summed E-state index contributed by atoms with van der Waals surface area (Å²) >= 11 is 1.65. The normalized spacial score (nSPS) is 20.6. The molecule has 1 unspecified atom stereocenters. The minimum absolute atomic E-state index is 0.0485. The molecule has 0 bridgehead atoms. The standard InChI is InChI=1S/C8H8BO2S/c10-9-11-8-5-6-3-1-2-4-7(6)12-8/h1-4,8,10H,5H2. The molecule has 61 valence electrons. The fourth-order valence-corrected chi connectivity index (χ4v) is 2.41. The Labute approximate surface area is 76.2 Å². The average molecular weight is 179 g/mol. The van der Waals surface area contributed by atoms with Crippen LogP contribution in [-0.2, 0) is 11.1 Å². The Morgan fingerprint density at radius 1 is 1.50 bits per heavy atom. The zero-order valence-electron chi connectivity index (χ0n) is 6.43.